The molecule has 0 aromatic carbocycles. The molecule has 0 fully saturated rings. The van der Waals surface area contributed by atoms with Crippen LogP contribution in [0.5, 0.6) is 0 Å². The fraction of sp³-hybridized carbons (Fsp3) is 0.333. The van der Waals surface area contributed by atoms with Crippen molar-refractivity contribution in [1.82, 2.24) is 0 Å². The Morgan fingerprint density at radius 3 is 1.44 bits per heavy atom. The molecule has 9 heavy (non-hydrogen) atoms. The van der Waals surface area contributed by atoms with Crippen molar-refractivity contribution in [2.24, 2.45) is 0 Å². The van der Waals surface area contributed by atoms with E-state index in [1.807, 2.05) is 0 Å². The number of rotatable bonds is 0. The van der Waals surface area contributed by atoms with Gasteiger partial charge in [-0.3, -0.25) is 0 Å². The predicted molar refractivity (Wildman–Crippen MR) is 20.1 cm³/mol. The van der Waals surface area contributed by atoms with Crippen molar-refractivity contribution < 1.29 is 42.6 Å². The van der Waals surface area contributed by atoms with E-state index in [0.717, 1.165) is 0 Å². The van der Waals surface area contributed by atoms with Crippen molar-refractivity contribution in [2.45, 2.75) is 6.18 Å². The van der Waals surface area contributed by atoms with Crippen LogP contribution in [-0.4, -0.2) is 17.3 Å². The van der Waals surface area contributed by atoms with Gasteiger partial charge in [-0.25, -0.2) is 4.79 Å². The number of alkyl halides is 3. The number of carboxylic acids is 1. The Bertz CT molecular complexity index is 89.5. The van der Waals surface area contributed by atoms with Crippen LogP contribution in [0.1, 0.15) is 0 Å². The largest absolute Gasteiger partial charge is 0.490 e. The van der Waals surface area contributed by atoms with E-state index >= 15 is 0 Å². The Labute approximate surface area is 62.8 Å². The Morgan fingerprint density at radius 1 is 1.33 bits per heavy atom. The molecule has 6 heteroatoms. The first-order valence-electron chi connectivity index (χ1n) is 1.24. The molecule has 0 saturated carbocycles. The van der Waals surface area contributed by atoms with Crippen LogP contribution < -0.4 is 0 Å². The normalized spacial score (nSPS) is 8.78. The van der Waals surface area contributed by atoms with Gasteiger partial charge in [-0.05, 0) is 0 Å². The molecule has 0 aromatic heterocycles. The van der Waals surface area contributed by atoms with Crippen molar-refractivity contribution in [2.75, 3.05) is 0 Å². The number of carbonyl (C=O) groups is 1. The number of hydrogen-bond acceptors (Lipinski definition) is 1. The number of hydrogen-bond donors (Lipinski definition) is 1. The molecule has 0 aliphatic rings. The van der Waals surface area contributed by atoms with E-state index < -0.39 is 12.1 Å². The second-order valence-corrected chi connectivity index (χ2v) is 0.803. The minimum Gasteiger partial charge on any atom is -0.475 e. The summed E-state index contributed by atoms with van der Waals surface area (Å²) in [5.41, 5.74) is 0. The van der Waals surface area contributed by atoms with E-state index in [0.29, 0.717) is 0 Å². The Kier molecular flexibility index (Phi) is 8.39. The molecular formula is C3H4F3O2Zn-. The second kappa shape index (κ2) is 4.73. The summed E-state index contributed by atoms with van der Waals surface area (Å²) in [5.74, 6) is -2.76. The molecule has 0 radical (unpaired) electrons. The van der Waals surface area contributed by atoms with Gasteiger partial charge in [-0.2, -0.15) is 13.2 Å². The predicted octanol–water partition coefficient (Wildman–Crippen LogP) is 1.08. The van der Waals surface area contributed by atoms with Gasteiger partial charge in [0.15, 0.2) is 0 Å². The molecular weight excluding hydrogens is 190 g/mol. The zero-order chi connectivity index (χ0) is 6.08. The quantitative estimate of drug-likeness (QED) is 0.463. The fourth-order valence-electron chi connectivity index (χ4n) is 0. The van der Waals surface area contributed by atoms with E-state index in [2.05, 4.69) is 0 Å². The summed E-state index contributed by atoms with van der Waals surface area (Å²) in [6.45, 7) is 0. The average Bonchev–Trinajstić information content (AvgIpc) is 1.31. The van der Waals surface area contributed by atoms with E-state index in [-0.39, 0.29) is 26.9 Å². The van der Waals surface area contributed by atoms with Crippen molar-refractivity contribution in [3.05, 3.63) is 7.43 Å². The summed E-state index contributed by atoms with van der Waals surface area (Å²) in [5, 5.41) is 7.12. The monoisotopic (exact) mass is 193 g/mol. The topological polar surface area (TPSA) is 37.3 Å². The van der Waals surface area contributed by atoms with E-state index in [4.69, 9.17) is 9.90 Å². The van der Waals surface area contributed by atoms with Crippen LogP contribution in [-0.2, 0) is 24.3 Å². The molecule has 52 valence electrons. The van der Waals surface area contributed by atoms with Gasteiger partial charge in [0.1, 0.15) is 0 Å². The maximum atomic E-state index is 10.6. The van der Waals surface area contributed by atoms with Gasteiger partial charge in [0, 0.05) is 19.5 Å². The number of carboxylic acid groups (broad SMARTS) is 1. The summed E-state index contributed by atoms with van der Waals surface area (Å²) in [4.78, 5) is 8.90. The second-order valence-electron chi connectivity index (χ2n) is 0.803. The molecule has 0 amide bonds. The molecule has 2 nitrogen and oxygen atoms in total. The summed E-state index contributed by atoms with van der Waals surface area (Å²) >= 11 is 0. The van der Waals surface area contributed by atoms with E-state index in [9.17, 15) is 13.2 Å². The molecule has 0 aliphatic carbocycles. The molecule has 0 rings (SSSR count). The molecule has 1 N–H and O–H groups in total. The average molecular weight is 194 g/mol. The molecule has 0 heterocycles. The molecule has 0 aliphatic heterocycles. The van der Waals surface area contributed by atoms with Crippen LogP contribution in [0, 0.1) is 7.43 Å². The van der Waals surface area contributed by atoms with E-state index in [1.165, 1.54) is 0 Å². The van der Waals surface area contributed by atoms with Crippen LogP contribution in [0.25, 0.3) is 0 Å². The Morgan fingerprint density at radius 2 is 1.44 bits per heavy atom. The maximum absolute atomic E-state index is 10.6. The van der Waals surface area contributed by atoms with Crippen LogP contribution in [0.15, 0.2) is 0 Å². The maximum Gasteiger partial charge on any atom is 0.490 e. The van der Waals surface area contributed by atoms with E-state index in [1.54, 1.807) is 0 Å². The molecule has 0 saturated heterocycles. The zero-order valence-electron chi connectivity index (χ0n) is 4.70. The van der Waals surface area contributed by atoms with Crippen molar-refractivity contribution in [3.63, 3.8) is 0 Å². The summed E-state index contributed by atoms with van der Waals surface area (Å²) < 4.78 is 31.7. The SMILES string of the molecule is O=C(O)C(F)(F)F.[CH3-].[Zn]. The first kappa shape index (κ1) is 15.9. The molecule has 0 spiro atoms. The molecule has 0 bridgehead atoms. The van der Waals surface area contributed by atoms with Gasteiger partial charge in [0.25, 0.3) is 0 Å². The third-order valence-corrected chi connectivity index (χ3v) is 0.243. The third-order valence-electron chi connectivity index (χ3n) is 0.243. The Balaban J connectivity index is -0.000000180. The summed E-state index contributed by atoms with van der Waals surface area (Å²) in [7, 11) is 0. The van der Waals surface area contributed by atoms with Gasteiger partial charge in [0.2, 0.25) is 0 Å². The standard InChI is InChI=1S/C2HF3O2.CH3.Zn/c3-2(4,5)1(6)7;;/h(H,6,7);1H3;/q;-1;. The first-order valence-corrected chi connectivity index (χ1v) is 1.24. The minimum absolute atomic E-state index is 0. The smallest absolute Gasteiger partial charge is 0.475 e. The number of aliphatic carboxylic acids is 1. The van der Waals surface area contributed by atoms with Crippen molar-refractivity contribution in [3.8, 4) is 0 Å². The third kappa shape index (κ3) is 7.88. The first-order chi connectivity index (χ1) is 2.94. The van der Waals surface area contributed by atoms with Crippen LogP contribution in [0.2, 0.25) is 0 Å². The zero-order valence-corrected chi connectivity index (χ0v) is 7.66. The van der Waals surface area contributed by atoms with Gasteiger partial charge in [0.05, 0.1) is 0 Å². The van der Waals surface area contributed by atoms with Crippen LogP contribution in [0.3, 0.4) is 0 Å². The van der Waals surface area contributed by atoms with Gasteiger partial charge < -0.3 is 12.5 Å². The minimum atomic E-state index is -5.08. The molecule has 0 atom stereocenters. The van der Waals surface area contributed by atoms with Crippen molar-refractivity contribution in [1.29, 1.82) is 0 Å². The van der Waals surface area contributed by atoms with Crippen LogP contribution in [0.4, 0.5) is 13.2 Å². The summed E-state index contributed by atoms with van der Waals surface area (Å²) in [6.07, 6.45) is -5.08. The number of halogens is 3. The fourth-order valence-corrected chi connectivity index (χ4v) is 0. The summed E-state index contributed by atoms with van der Waals surface area (Å²) in [6, 6.07) is 0. The van der Waals surface area contributed by atoms with Crippen LogP contribution >= 0.6 is 0 Å². The van der Waals surface area contributed by atoms with Gasteiger partial charge >= 0.3 is 12.1 Å². The molecule has 0 aromatic rings. The Hall–Kier alpha value is -0.117. The van der Waals surface area contributed by atoms with Gasteiger partial charge in [-0.15, -0.1) is 0 Å². The van der Waals surface area contributed by atoms with Crippen molar-refractivity contribution >= 4 is 5.97 Å². The molecule has 0 unspecified atom stereocenters. The van der Waals surface area contributed by atoms with Gasteiger partial charge in [-0.1, -0.05) is 0 Å².